The number of carbonyl (C=O) groups is 3. The molecule has 1 heterocycles. The van der Waals surface area contributed by atoms with Crippen LogP contribution in [0.25, 0.3) is 0 Å². The number of rotatable bonds is 6. The monoisotopic (exact) mass is 476 g/mol. The number of amides is 3. The van der Waals surface area contributed by atoms with Crippen molar-refractivity contribution in [2.45, 2.75) is 18.9 Å². The highest BCUT2D eigenvalue weighted by atomic mass is 35.5. The molecule has 6 nitrogen and oxygen atoms in total. The van der Waals surface area contributed by atoms with Crippen LogP contribution < -0.4 is 10.1 Å². The molecular weight excluding hydrogens is 452 g/mol. The fourth-order valence-electron chi connectivity index (χ4n) is 6.42. The number of allylic oxidation sites excluding steroid dienone is 2. The van der Waals surface area contributed by atoms with Crippen molar-refractivity contribution < 1.29 is 19.1 Å². The van der Waals surface area contributed by atoms with E-state index in [0.717, 1.165) is 12.0 Å². The van der Waals surface area contributed by atoms with Crippen LogP contribution in [0.1, 0.15) is 12.0 Å². The van der Waals surface area contributed by atoms with E-state index in [1.54, 1.807) is 18.2 Å². The van der Waals surface area contributed by atoms with Gasteiger partial charge in [0.15, 0.2) is 0 Å². The number of imide groups is 1. The average Bonchev–Trinajstić information content (AvgIpc) is 3.62. The fraction of sp³-hybridized carbons (Fsp3) is 0.370. The van der Waals surface area contributed by atoms with Crippen molar-refractivity contribution in [3.63, 3.8) is 0 Å². The quantitative estimate of drug-likeness (QED) is 0.506. The first-order valence-corrected chi connectivity index (χ1v) is 12.1. The number of carbonyl (C=O) groups excluding carboxylic acids is 3. The van der Waals surface area contributed by atoms with Crippen LogP contribution >= 0.6 is 11.6 Å². The summed E-state index contributed by atoms with van der Waals surface area (Å²) in [4.78, 5) is 42.3. The molecule has 2 saturated carbocycles. The third kappa shape index (κ3) is 3.27. The van der Waals surface area contributed by atoms with Crippen molar-refractivity contribution >= 4 is 35.0 Å². The zero-order valence-corrected chi connectivity index (χ0v) is 19.4. The summed E-state index contributed by atoms with van der Waals surface area (Å²) in [5.74, 6) is 0.111. The first kappa shape index (κ1) is 21.4. The van der Waals surface area contributed by atoms with Gasteiger partial charge in [0.2, 0.25) is 17.7 Å². The molecule has 2 bridgehead atoms. The molecule has 0 radical (unpaired) electrons. The molecule has 5 aliphatic rings. The lowest BCUT2D eigenvalue weighted by atomic mass is 9.63. The van der Waals surface area contributed by atoms with Gasteiger partial charge < -0.3 is 10.1 Å². The molecule has 1 aliphatic heterocycles. The summed E-state index contributed by atoms with van der Waals surface area (Å²) in [6.07, 6.45) is 5.61. The highest BCUT2D eigenvalue weighted by Crippen LogP contribution is 2.65. The van der Waals surface area contributed by atoms with Crippen molar-refractivity contribution in [3.05, 3.63) is 71.3 Å². The molecule has 1 N–H and O–H groups in total. The predicted molar refractivity (Wildman–Crippen MR) is 127 cm³/mol. The van der Waals surface area contributed by atoms with Gasteiger partial charge in [-0.3, -0.25) is 19.3 Å². The summed E-state index contributed by atoms with van der Waals surface area (Å²) in [5, 5.41) is 3.31. The minimum absolute atomic E-state index is 0.106. The van der Waals surface area contributed by atoms with Gasteiger partial charge in [-0.15, -0.1) is 0 Å². The van der Waals surface area contributed by atoms with E-state index in [4.69, 9.17) is 16.3 Å². The van der Waals surface area contributed by atoms with Gasteiger partial charge in [0.05, 0.1) is 24.6 Å². The minimum atomic E-state index is -0.965. The second kappa shape index (κ2) is 7.98. The Bertz CT molecular complexity index is 1180. The van der Waals surface area contributed by atoms with Crippen LogP contribution in [0, 0.1) is 35.5 Å². The largest absolute Gasteiger partial charge is 0.495 e. The summed E-state index contributed by atoms with van der Waals surface area (Å²) in [5.41, 5.74) is 1.28. The highest BCUT2D eigenvalue weighted by Gasteiger charge is 2.67. The number of nitrogens with zero attached hydrogens (tertiary/aromatic N) is 1. The summed E-state index contributed by atoms with van der Waals surface area (Å²) >= 11 is 6.15. The Morgan fingerprint density at radius 1 is 1.06 bits per heavy atom. The highest BCUT2D eigenvalue weighted by molar-refractivity contribution is 6.31. The maximum Gasteiger partial charge on any atom is 0.248 e. The second-order valence-electron chi connectivity index (χ2n) is 9.74. The van der Waals surface area contributed by atoms with E-state index in [1.165, 1.54) is 12.0 Å². The van der Waals surface area contributed by atoms with Crippen LogP contribution in [-0.2, 0) is 20.8 Å². The summed E-state index contributed by atoms with van der Waals surface area (Å²) in [6, 6.07) is 13.4. The predicted octanol–water partition coefficient (Wildman–Crippen LogP) is 3.95. The molecule has 7 atom stereocenters. The third-order valence-electron chi connectivity index (χ3n) is 8.00. The fourth-order valence-corrected chi connectivity index (χ4v) is 6.59. The Hall–Kier alpha value is -3.12. The molecule has 34 heavy (non-hydrogen) atoms. The van der Waals surface area contributed by atoms with Crippen molar-refractivity contribution in [1.82, 2.24) is 4.90 Å². The lowest BCUT2D eigenvalue weighted by molar-refractivity contribution is -0.146. The summed E-state index contributed by atoms with van der Waals surface area (Å²) < 4.78 is 5.37. The Balaban J connectivity index is 1.34. The SMILES string of the molecule is COc1ccc(Cl)cc1NC(=O)[C@@H](Cc1ccccc1)N1C(=O)[C@@H]2[C@@H]3C=C[C@H]([C@H]4C[C@H]34)[C@@H]2C1=O. The van der Waals surface area contributed by atoms with Gasteiger partial charge in [0.25, 0.3) is 0 Å². The van der Waals surface area contributed by atoms with Crippen molar-refractivity contribution in [3.8, 4) is 5.75 Å². The lowest BCUT2D eigenvalue weighted by Crippen LogP contribution is -2.49. The molecule has 0 spiro atoms. The molecular formula is C27H25ClN2O4. The molecule has 0 aromatic heterocycles. The van der Waals surface area contributed by atoms with Gasteiger partial charge in [-0.25, -0.2) is 0 Å². The Morgan fingerprint density at radius 3 is 2.32 bits per heavy atom. The zero-order valence-electron chi connectivity index (χ0n) is 18.7. The van der Waals surface area contributed by atoms with Crippen LogP contribution in [-0.4, -0.2) is 35.8 Å². The molecule has 3 fully saturated rings. The molecule has 3 amide bonds. The molecule has 174 valence electrons. The Kier molecular flexibility index (Phi) is 5.03. The number of anilines is 1. The molecule has 2 aromatic carbocycles. The van der Waals surface area contributed by atoms with E-state index in [9.17, 15) is 14.4 Å². The van der Waals surface area contributed by atoms with Crippen molar-refractivity contribution in [2.75, 3.05) is 12.4 Å². The topological polar surface area (TPSA) is 75.7 Å². The minimum Gasteiger partial charge on any atom is -0.495 e. The number of hydrogen-bond acceptors (Lipinski definition) is 4. The van der Waals surface area contributed by atoms with Gasteiger partial charge in [0, 0.05) is 11.4 Å². The van der Waals surface area contributed by atoms with Gasteiger partial charge in [-0.05, 0) is 53.9 Å². The molecule has 0 unspecified atom stereocenters. The van der Waals surface area contributed by atoms with Crippen molar-refractivity contribution in [2.24, 2.45) is 35.5 Å². The number of likely N-dealkylation sites (tertiary alicyclic amines) is 1. The number of halogens is 1. The van der Waals surface area contributed by atoms with Crippen molar-refractivity contribution in [1.29, 1.82) is 0 Å². The summed E-state index contributed by atoms with van der Waals surface area (Å²) in [7, 11) is 1.51. The second-order valence-corrected chi connectivity index (χ2v) is 10.2. The smallest absolute Gasteiger partial charge is 0.248 e. The van der Waals surface area contributed by atoms with Gasteiger partial charge in [-0.2, -0.15) is 0 Å². The van der Waals surface area contributed by atoms with Crippen LogP contribution in [0.2, 0.25) is 5.02 Å². The first-order valence-electron chi connectivity index (χ1n) is 11.7. The third-order valence-corrected chi connectivity index (χ3v) is 8.24. The number of methoxy groups -OCH3 is 1. The molecule has 7 rings (SSSR count). The van der Waals surface area contributed by atoms with Crippen LogP contribution in [0.3, 0.4) is 0 Å². The van der Waals surface area contributed by atoms with E-state index in [-0.39, 0.29) is 41.9 Å². The maximum absolute atomic E-state index is 13.7. The van der Waals surface area contributed by atoms with Gasteiger partial charge >= 0.3 is 0 Å². The molecule has 4 aliphatic carbocycles. The van der Waals surface area contributed by atoms with E-state index < -0.39 is 11.9 Å². The zero-order chi connectivity index (χ0) is 23.6. The lowest BCUT2D eigenvalue weighted by Gasteiger charge is -2.37. The van der Waals surface area contributed by atoms with E-state index in [0.29, 0.717) is 28.3 Å². The molecule has 2 aromatic rings. The van der Waals surface area contributed by atoms with Crippen LogP contribution in [0.5, 0.6) is 5.75 Å². The standard InChI is InChI=1S/C27H25ClN2O4/c1-34-22-10-7-15(28)12-20(22)29-25(31)21(11-14-5-3-2-4-6-14)30-26(32)23-16-8-9-17(19-13-18(16)19)24(23)27(30)33/h2-10,12,16-19,21,23-24H,11,13H2,1H3,(H,29,31)/t16-,17-,18-,19-,21-,23-,24+/m1/s1. The number of benzene rings is 2. The Labute approximate surface area is 202 Å². The Morgan fingerprint density at radius 2 is 1.71 bits per heavy atom. The van der Waals surface area contributed by atoms with Gasteiger partial charge in [-0.1, -0.05) is 54.1 Å². The molecule has 7 heteroatoms. The average molecular weight is 477 g/mol. The van der Waals surface area contributed by atoms with Gasteiger partial charge in [0.1, 0.15) is 11.8 Å². The first-order chi connectivity index (χ1) is 16.5. The molecule has 1 saturated heterocycles. The van der Waals surface area contributed by atoms with E-state index >= 15 is 0 Å². The number of nitrogens with one attached hydrogen (secondary N) is 1. The maximum atomic E-state index is 13.7. The summed E-state index contributed by atoms with van der Waals surface area (Å²) in [6.45, 7) is 0. The van der Waals surface area contributed by atoms with E-state index in [2.05, 4.69) is 17.5 Å². The normalized spacial score (nSPS) is 31.2. The number of ether oxygens (including phenoxy) is 1. The van der Waals surface area contributed by atoms with Crippen LogP contribution in [0.15, 0.2) is 60.7 Å². The number of hydrogen-bond donors (Lipinski definition) is 1. The van der Waals surface area contributed by atoms with Crippen LogP contribution in [0.4, 0.5) is 5.69 Å². The van der Waals surface area contributed by atoms with E-state index in [1.807, 2.05) is 30.3 Å².